The van der Waals surface area contributed by atoms with Crippen LogP contribution in [0.2, 0.25) is 0 Å². The molecule has 0 spiro atoms. The lowest BCUT2D eigenvalue weighted by Crippen LogP contribution is -2.30. The van der Waals surface area contributed by atoms with E-state index in [9.17, 15) is 9.59 Å². The zero-order valence-electron chi connectivity index (χ0n) is 9.39. The van der Waals surface area contributed by atoms with Crippen LogP contribution < -0.4 is 5.32 Å². The standard InChI is InChI=1S/C14H10BrNO2/c15-12-8-4-7-11(9-12)14(18)16-13(17)10-5-2-1-3-6-10/h1-9H,(H,16,17,18). The molecule has 2 aromatic rings. The average molecular weight is 304 g/mol. The number of rotatable bonds is 2. The topological polar surface area (TPSA) is 46.2 Å². The van der Waals surface area contributed by atoms with Crippen LogP contribution in [0.5, 0.6) is 0 Å². The first-order valence-electron chi connectivity index (χ1n) is 5.33. The van der Waals surface area contributed by atoms with E-state index in [0.29, 0.717) is 11.1 Å². The Bertz CT molecular complexity index is 581. The summed E-state index contributed by atoms with van der Waals surface area (Å²) in [4.78, 5) is 23.6. The lowest BCUT2D eigenvalue weighted by Gasteiger charge is -2.04. The third-order valence-electron chi connectivity index (χ3n) is 2.35. The SMILES string of the molecule is O=C(NC(=O)c1cccc(Br)c1)c1ccccc1. The van der Waals surface area contributed by atoms with Crippen molar-refractivity contribution in [2.75, 3.05) is 0 Å². The number of benzene rings is 2. The van der Waals surface area contributed by atoms with Crippen LogP contribution in [0.1, 0.15) is 20.7 Å². The number of hydrogen-bond acceptors (Lipinski definition) is 2. The Balaban J connectivity index is 2.11. The highest BCUT2D eigenvalue weighted by Crippen LogP contribution is 2.11. The maximum absolute atomic E-state index is 11.8. The van der Waals surface area contributed by atoms with Crippen LogP contribution in [0.25, 0.3) is 0 Å². The van der Waals surface area contributed by atoms with Crippen LogP contribution in [0, 0.1) is 0 Å². The summed E-state index contributed by atoms with van der Waals surface area (Å²) >= 11 is 3.28. The van der Waals surface area contributed by atoms with Crippen LogP contribution in [0.3, 0.4) is 0 Å². The molecule has 90 valence electrons. The van der Waals surface area contributed by atoms with E-state index < -0.39 is 11.8 Å². The summed E-state index contributed by atoms with van der Waals surface area (Å²) in [7, 11) is 0. The molecule has 0 bridgehead atoms. The molecule has 0 aliphatic carbocycles. The predicted molar refractivity (Wildman–Crippen MR) is 72.4 cm³/mol. The fourth-order valence-corrected chi connectivity index (χ4v) is 1.87. The number of halogens is 1. The van der Waals surface area contributed by atoms with Gasteiger partial charge in [0.05, 0.1) is 0 Å². The van der Waals surface area contributed by atoms with E-state index >= 15 is 0 Å². The molecule has 0 unspecified atom stereocenters. The van der Waals surface area contributed by atoms with Crippen molar-refractivity contribution in [1.29, 1.82) is 0 Å². The second-order valence-corrected chi connectivity index (χ2v) is 4.58. The molecule has 18 heavy (non-hydrogen) atoms. The molecule has 2 amide bonds. The minimum atomic E-state index is -0.412. The summed E-state index contributed by atoms with van der Waals surface area (Å²) in [6.45, 7) is 0. The summed E-state index contributed by atoms with van der Waals surface area (Å²) in [6.07, 6.45) is 0. The summed E-state index contributed by atoms with van der Waals surface area (Å²) in [5, 5.41) is 2.34. The number of amides is 2. The maximum atomic E-state index is 11.8. The molecule has 0 aliphatic heterocycles. The van der Waals surface area contributed by atoms with E-state index in [2.05, 4.69) is 21.2 Å². The number of nitrogens with one attached hydrogen (secondary N) is 1. The van der Waals surface area contributed by atoms with Gasteiger partial charge in [-0.05, 0) is 30.3 Å². The van der Waals surface area contributed by atoms with E-state index in [-0.39, 0.29) is 0 Å². The first-order valence-corrected chi connectivity index (χ1v) is 6.12. The average Bonchev–Trinajstić information content (AvgIpc) is 2.39. The Morgan fingerprint density at radius 3 is 2.11 bits per heavy atom. The van der Waals surface area contributed by atoms with E-state index in [1.54, 1.807) is 42.5 Å². The van der Waals surface area contributed by atoms with Gasteiger partial charge in [-0.3, -0.25) is 14.9 Å². The minimum Gasteiger partial charge on any atom is -0.288 e. The van der Waals surface area contributed by atoms with E-state index in [0.717, 1.165) is 4.47 Å². The maximum Gasteiger partial charge on any atom is 0.258 e. The van der Waals surface area contributed by atoms with Gasteiger partial charge in [0.15, 0.2) is 0 Å². The van der Waals surface area contributed by atoms with Gasteiger partial charge in [-0.2, -0.15) is 0 Å². The minimum absolute atomic E-state index is 0.402. The Kier molecular flexibility index (Phi) is 3.89. The summed E-state index contributed by atoms with van der Waals surface area (Å²) in [6, 6.07) is 15.5. The molecule has 0 atom stereocenters. The van der Waals surface area contributed by atoms with Crippen LogP contribution in [0.15, 0.2) is 59.1 Å². The van der Waals surface area contributed by atoms with Crippen molar-refractivity contribution in [3.63, 3.8) is 0 Å². The first kappa shape index (κ1) is 12.5. The van der Waals surface area contributed by atoms with Gasteiger partial charge in [0.1, 0.15) is 0 Å². The lowest BCUT2D eigenvalue weighted by molar-refractivity contribution is 0.0849. The quantitative estimate of drug-likeness (QED) is 0.867. The highest BCUT2D eigenvalue weighted by molar-refractivity contribution is 9.10. The van der Waals surface area contributed by atoms with Gasteiger partial charge < -0.3 is 0 Å². The molecule has 0 aliphatic rings. The molecule has 4 heteroatoms. The van der Waals surface area contributed by atoms with Gasteiger partial charge in [0, 0.05) is 15.6 Å². The third-order valence-corrected chi connectivity index (χ3v) is 2.84. The number of carbonyl (C=O) groups excluding carboxylic acids is 2. The highest BCUT2D eigenvalue weighted by Gasteiger charge is 2.11. The lowest BCUT2D eigenvalue weighted by atomic mass is 10.2. The summed E-state index contributed by atoms with van der Waals surface area (Å²) < 4.78 is 0.794. The zero-order chi connectivity index (χ0) is 13.0. The van der Waals surface area contributed by atoms with E-state index in [1.165, 1.54) is 0 Å². The fourth-order valence-electron chi connectivity index (χ4n) is 1.47. The van der Waals surface area contributed by atoms with Gasteiger partial charge >= 0.3 is 0 Å². The van der Waals surface area contributed by atoms with Gasteiger partial charge in [-0.1, -0.05) is 40.2 Å². The Morgan fingerprint density at radius 1 is 0.833 bits per heavy atom. The smallest absolute Gasteiger partial charge is 0.258 e. The van der Waals surface area contributed by atoms with Crippen LogP contribution in [0.4, 0.5) is 0 Å². The van der Waals surface area contributed by atoms with Crippen molar-refractivity contribution >= 4 is 27.7 Å². The first-order chi connectivity index (χ1) is 8.66. The van der Waals surface area contributed by atoms with E-state index in [1.807, 2.05) is 12.1 Å². The monoisotopic (exact) mass is 303 g/mol. The fraction of sp³-hybridized carbons (Fsp3) is 0. The normalized spacial score (nSPS) is 9.83. The number of imide groups is 1. The van der Waals surface area contributed by atoms with Crippen molar-refractivity contribution in [2.24, 2.45) is 0 Å². The molecule has 0 aromatic heterocycles. The largest absolute Gasteiger partial charge is 0.288 e. The number of carbonyl (C=O) groups is 2. The second-order valence-electron chi connectivity index (χ2n) is 3.66. The molecule has 2 rings (SSSR count). The molecular weight excluding hydrogens is 294 g/mol. The Labute approximate surface area is 113 Å². The van der Waals surface area contributed by atoms with Crippen molar-refractivity contribution < 1.29 is 9.59 Å². The summed E-state index contributed by atoms with van der Waals surface area (Å²) in [5.74, 6) is -0.814. The molecule has 1 N–H and O–H groups in total. The van der Waals surface area contributed by atoms with Crippen molar-refractivity contribution in [3.8, 4) is 0 Å². The Hall–Kier alpha value is -1.94. The molecular formula is C14H10BrNO2. The molecule has 0 radical (unpaired) electrons. The predicted octanol–water partition coefficient (Wildman–Crippen LogP) is 3.02. The molecule has 0 heterocycles. The van der Waals surface area contributed by atoms with Gasteiger partial charge in [-0.15, -0.1) is 0 Å². The van der Waals surface area contributed by atoms with Crippen LogP contribution in [-0.2, 0) is 0 Å². The van der Waals surface area contributed by atoms with Crippen LogP contribution >= 0.6 is 15.9 Å². The third kappa shape index (κ3) is 3.05. The zero-order valence-corrected chi connectivity index (χ0v) is 11.0. The molecule has 0 saturated heterocycles. The van der Waals surface area contributed by atoms with Gasteiger partial charge in [0.25, 0.3) is 11.8 Å². The van der Waals surface area contributed by atoms with Crippen molar-refractivity contribution in [3.05, 3.63) is 70.2 Å². The highest BCUT2D eigenvalue weighted by atomic mass is 79.9. The van der Waals surface area contributed by atoms with Crippen molar-refractivity contribution in [2.45, 2.75) is 0 Å². The molecule has 2 aromatic carbocycles. The van der Waals surface area contributed by atoms with E-state index in [4.69, 9.17) is 0 Å². The molecule has 0 saturated carbocycles. The van der Waals surface area contributed by atoms with Crippen molar-refractivity contribution in [1.82, 2.24) is 5.32 Å². The number of hydrogen-bond donors (Lipinski definition) is 1. The summed E-state index contributed by atoms with van der Waals surface area (Å²) in [5.41, 5.74) is 0.898. The molecule has 0 fully saturated rings. The molecule has 3 nitrogen and oxygen atoms in total. The second kappa shape index (κ2) is 5.60. The van der Waals surface area contributed by atoms with Gasteiger partial charge in [-0.25, -0.2) is 0 Å². The Morgan fingerprint density at radius 2 is 1.44 bits per heavy atom. The van der Waals surface area contributed by atoms with Crippen LogP contribution in [-0.4, -0.2) is 11.8 Å². The van der Waals surface area contributed by atoms with Gasteiger partial charge in [0.2, 0.25) is 0 Å².